The molecule has 13 heteroatoms. The van der Waals surface area contributed by atoms with E-state index in [1.54, 1.807) is 0 Å². The molecule has 0 aliphatic rings. The fraction of sp³-hybridized carbons (Fsp3) is 0.706. The van der Waals surface area contributed by atoms with Gasteiger partial charge in [-0.15, -0.1) is 0 Å². The van der Waals surface area contributed by atoms with Crippen molar-refractivity contribution < 1.29 is 29.1 Å². The van der Waals surface area contributed by atoms with Gasteiger partial charge in [0.2, 0.25) is 29.5 Å². The van der Waals surface area contributed by atoms with E-state index in [2.05, 4.69) is 21.4 Å². The highest BCUT2D eigenvalue weighted by atomic mass is 16.3. The van der Waals surface area contributed by atoms with Crippen molar-refractivity contribution in [1.82, 2.24) is 21.4 Å². The van der Waals surface area contributed by atoms with Gasteiger partial charge in [-0.25, -0.2) is 0 Å². The number of rotatable bonds is 15. The second kappa shape index (κ2) is 14.3. The summed E-state index contributed by atoms with van der Waals surface area (Å²) < 4.78 is 0. The Kier molecular flexibility index (Phi) is 12.9. The second-order valence-corrected chi connectivity index (χ2v) is 6.97. The molecule has 0 saturated heterocycles. The highest BCUT2D eigenvalue weighted by Gasteiger charge is 2.26. The predicted octanol–water partition coefficient (Wildman–Crippen LogP) is -3.77. The molecule has 0 spiro atoms. The highest BCUT2D eigenvalue weighted by molar-refractivity contribution is 5.93. The minimum atomic E-state index is -1.12. The van der Waals surface area contributed by atoms with Gasteiger partial charge < -0.3 is 32.5 Å². The van der Waals surface area contributed by atoms with Crippen LogP contribution in [0, 0.1) is 0 Å². The Morgan fingerprint density at radius 1 is 0.900 bits per heavy atom. The molecule has 0 fully saturated rings. The van der Waals surface area contributed by atoms with Crippen molar-refractivity contribution in [2.24, 2.45) is 17.3 Å². The van der Waals surface area contributed by atoms with Crippen LogP contribution < -0.4 is 38.7 Å². The minimum absolute atomic E-state index is 0.0683. The van der Waals surface area contributed by atoms with E-state index in [-0.39, 0.29) is 25.7 Å². The maximum Gasteiger partial charge on any atom is 0.243 e. The third-order valence-electron chi connectivity index (χ3n) is 4.04. The number of nitrogens with two attached hydrogens (primary N) is 3. The van der Waals surface area contributed by atoms with Gasteiger partial charge in [0.05, 0.1) is 12.5 Å². The topological polar surface area (TPSA) is 232 Å². The predicted molar refractivity (Wildman–Crippen MR) is 107 cm³/mol. The van der Waals surface area contributed by atoms with Gasteiger partial charge >= 0.3 is 0 Å². The Hall–Kier alpha value is -2.77. The quantitative estimate of drug-likeness (QED) is 0.0726. The lowest BCUT2D eigenvalue weighted by atomic mass is 10.1. The van der Waals surface area contributed by atoms with Gasteiger partial charge in [-0.3, -0.25) is 35.2 Å². The van der Waals surface area contributed by atoms with Crippen LogP contribution in [0.5, 0.6) is 0 Å². The Morgan fingerprint density at radius 3 is 2.03 bits per heavy atom. The number of carbonyl (C=O) groups is 5. The summed E-state index contributed by atoms with van der Waals surface area (Å²) in [5.74, 6) is 1.85. The number of aliphatic hydroxyl groups is 1. The molecule has 5 amide bonds. The van der Waals surface area contributed by atoms with Crippen molar-refractivity contribution in [3.63, 3.8) is 0 Å². The van der Waals surface area contributed by atoms with E-state index in [0.29, 0.717) is 13.0 Å². The number of hydrazine groups is 1. The van der Waals surface area contributed by atoms with E-state index in [9.17, 15) is 29.1 Å². The Labute approximate surface area is 174 Å². The number of hydrogen-bond donors (Lipinski definition) is 8. The molecule has 0 rings (SSSR count). The molecule has 0 aliphatic heterocycles. The maximum atomic E-state index is 12.5. The summed E-state index contributed by atoms with van der Waals surface area (Å²) in [6.45, 7) is 3.22. The lowest BCUT2D eigenvalue weighted by Gasteiger charge is -2.23. The van der Waals surface area contributed by atoms with Gasteiger partial charge in [-0.1, -0.05) is 0 Å². The summed E-state index contributed by atoms with van der Waals surface area (Å²) >= 11 is 0. The first-order valence-corrected chi connectivity index (χ1v) is 9.57. The Bertz CT molecular complexity index is 613. The van der Waals surface area contributed by atoms with Gasteiger partial charge in [0.15, 0.2) is 0 Å². The molecule has 4 atom stereocenters. The molecule has 172 valence electrons. The van der Waals surface area contributed by atoms with Crippen LogP contribution in [-0.4, -0.2) is 65.4 Å². The summed E-state index contributed by atoms with van der Waals surface area (Å²) in [5.41, 5.74) is 12.7. The van der Waals surface area contributed by atoms with Crippen molar-refractivity contribution in [2.45, 2.75) is 70.2 Å². The molecule has 0 aromatic heterocycles. The summed E-state index contributed by atoms with van der Waals surface area (Å²) in [6, 6.07) is -3.14. The average molecular weight is 431 g/mol. The molecule has 13 nitrogen and oxygen atoms in total. The van der Waals surface area contributed by atoms with Gasteiger partial charge in [0, 0.05) is 13.0 Å². The van der Waals surface area contributed by atoms with Crippen molar-refractivity contribution in [3.05, 3.63) is 0 Å². The Balaban J connectivity index is 4.94. The summed E-state index contributed by atoms with van der Waals surface area (Å²) in [4.78, 5) is 59.0. The maximum absolute atomic E-state index is 12.5. The first kappa shape index (κ1) is 27.2. The SMILES string of the molecule is C[C@H](NC(=O)[C@H](CCCNN)NC(=O)C[C@@H](C)O)C(=O)N[C@@H](CCC(N)=O)C(N)=O. The fourth-order valence-corrected chi connectivity index (χ4v) is 2.45. The van der Waals surface area contributed by atoms with Crippen LogP contribution in [0.3, 0.4) is 0 Å². The third kappa shape index (κ3) is 11.9. The zero-order valence-electron chi connectivity index (χ0n) is 17.3. The first-order valence-electron chi connectivity index (χ1n) is 9.57. The van der Waals surface area contributed by atoms with Crippen LogP contribution in [0.25, 0.3) is 0 Å². The van der Waals surface area contributed by atoms with E-state index < -0.39 is 53.8 Å². The van der Waals surface area contributed by atoms with E-state index >= 15 is 0 Å². The normalized spacial score (nSPS) is 14.7. The molecular formula is C17H33N7O6. The van der Waals surface area contributed by atoms with E-state index in [1.165, 1.54) is 13.8 Å². The number of hydrogen-bond acceptors (Lipinski definition) is 8. The monoisotopic (exact) mass is 431 g/mol. The first-order chi connectivity index (χ1) is 14.0. The molecule has 0 aromatic rings. The lowest BCUT2D eigenvalue weighted by Crippen LogP contribution is -2.55. The lowest BCUT2D eigenvalue weighted by molar-refractivity contribution is -0.133. The molecule has 0 aromatic carbocycles. The molecule has 0 unspecified atom stereocenters. The van der Waals surface area contributed by atoms with Gasteiger partial charge in [-0.2, -0.15) is 0 Å². The standard InChI is InChI=1S/C17H33N7O6/c1-9(25)8-14(27)23-12(4-3-7-21-20)17(30)22-10(2)16(29)24-11(15(19)28)5-6-13(18)26/h9-12,21,25H,3-8,20H2,1-2H3,(H2,18,26)(H2,19,28)(H,22,30)(H,23,27)(H,24,29)/t9-,10+,11+,12+/m1/s1. The van der Waals surface area contributed by atoms with Crippen LogP contribution >= 0.6 is 0 Å². The molecule has 0 heterocycles. The number of nitrogens with one attached hydrogen (secondary N) is 4. The fourth-order valence-electron chi connectivity index (χ4n) is 2.45. The summed E-state index contributed by atoms with van der Waals surface area (Å²) in [6.07, 6.45) is -0.591. The Morgan fingerprint density at radius 2 is 1.53 bits per heavy atom. The summed E-state index contributed by atoms with van der Waals surface area (Å²) in [7, 11) is 0. The molecule has 0 radical (unpaired) electrons. The molecule has 30 heavy (non-hydrogen) atoms. The van der Waals surface area contributed by atoms with Crippen molar-refractivity contribution in [2.75, 3.05) is 6.54 Å². The molecule has 11 N–H and O–H groups in total. The van der Waals surface area contributed by atoms with Crippen molar-refractivity contribution in [3.8, 4) is 0 Å². The zero-order chi connectivity index (χ0) is 23.3. The van der Waals surface area contributed by atoms with Crippen LogP contribution in [0.1, 0.15) is 46.0 Å². The van der Waals surface area contributed by atoms with Crippen molar-refractivity contribution in [1.29, 1.82) is 0 Å². The second-order valence-electron chi connectivity index (χ2n) is 6.97. The molecular weight excluding hydrogens is 398 g/mol. The van der Waals surface area contributed by atoms with Crippen LogP contribution in [0.2, 0.25) is 0 Å². The van der Waals surface area contributed by atoms with Gasteiger partial charge in [0.25, 0.3) is 0 Å². The minimum Gasteiger partial charge on any atom is -0.393 e. The van der Waals surface area contributed by atoms with E-state index in [4.69, 9.17) is 17.3 Å². The highest BCUT2D eigenvalue weighted by Crippen LogP contribution is 2.02. The smallest absolute Gasteiger partial charge is 0.243 e. The molecule has 0 aliphatic carbocycles. The molecule has 0 saturated carbocycles. The van der Waals surface area contributed by atoms with Crippen LogP contribution in [0.15, 0.2) is 0 Å². The largest absolute Gasteiger partial charge is 0.393 e. The van der Waals surface area contributed by atoms with Gasteiger partial charge in [0.1, 0.15) is 18.1 Å². The number of carbonyl (C=O) groups excluding carboxylic acids is 5. The van der Waals surface area contributed by atoms with Crippen molar-refractivity contribution >= 4 is 29.5 Å². The summed E-state index contributed by atoms with van der Waals surface area (Å²) in [5, 5.41) is 16.6. The average Bonchev–Trinajstić information content (AvgIpc) is 2.62. The van der Waals surface area contributed by atoms with Crippen LogP contribution in [0.4, 0.5) is 0 Å². The van der Waals surface area contributed by atoms with E-state index in [1.807, 2.05) is 0 Å². The van der Waals surface area contributed by atoms with Crippen LogP contribution in [-0.2, 0) is 24.0 Å². The third-order valence-corrected chi connectivity index (χ3v) is 4.04. The van der Waals surface area contributed by atoms with E-state index in [0.717, 1.165) is 0 Å². The number of aliphatic hydroxyl groups excluding tert-OH is 1. The zero-order valence-corrected chi connectivity index (χ0v) is 17.3. The molecule has 0 bridgehead atoms. The number of amides is 5. The van der Waals surface area contributed by atoms with Gasteiger partial charge in [-0.05, 0) is 33.1 Å². The number of primary amides is 2.